The van der Waals surface area contributed by atoms with E-state index in [0.717, 1.165) is 10.0 Å². The standard InChI is InChI=1S/C18H15BrN4O3/c19-11-4-5-14-12(9-11)18-22-16(17(20)24)13(23(18)7-8-25-14)10-26-15-3-1-2-6-21-15/h1-6,9H,7-8,10H2,(H2,20,24). The minimum Gasteiger partial charge on any atom is -0.491 e. The fraction of sp³-hybridized carbons (Fsp3) is 0.167. The van der Waals surface area contributed by atoms with Crippen LogP contribution in [0.25, 0.3) is 11.4 Å². The van der Waals surface area contributed by atoms with Gasteiger partial charge in [-0.25, -0.2) is 9.97 Å². The lowest BCUT2D eigenvalue weighted by molar-refractivity contribution is 0.0992. The quantitative estimate of drug-likeness (QED) is 0.708. The van der Waals surface area contributed by atoms with Crippen LogP contribution in [-0.2, 0) is 13.2 Å². The Kier molecular flexibility index (Phi) is 4.34. The number of benzene rings is 1. The zero-order valence-electron chi connectivity index (χ0n) is 13.7. The third kappa shape index (κ3) is 3.03. The SMILES string of the molecule is NC(=O)c1nc2n(c1COc1ccccn1)CCOc1ccc(Br)cc1-2. The van der Waals surface area contributed by atoms with Crippen LogP contribution in [0.4, 0.5) is 0 Å². The average molecular weight is 415 g/mol. The largest absolute Gasteiger partial charge is 0.491 e. The molecule has 2 N–H and O–H groups in total. The monoisotopic (exact) mass is 414 g/mol. The lowest BCUT2D eigenvalue weighted by Crippen LogP contribution is -2.18. The van der Waals surface area contributed by atoms with Crippen LogP contribution in [0.5, 0.6) is 11.6 Å². The van der Waals surface area contributed by atoms with Gasteiger partial charge in [0.05, 0.1) is 17.8 Å². The van der Waals surface area contributed by atoms with Gasteiger partial charge in [0.15, 0.2) is 5.69 Å². The van der Waals surface area contributed by atoms with Crippen molar-refractivity contribution in [3.8, 4) is 23.0 Å². The Hall–Kier alpha value is -2.87. The number of carbonyl (C=O) groups is 1. The highest BCUT2D eigenvalue weighted by Crippen LogP contribution is 2.35. The molecule has 1 amide bonds. The number of nitrogens with zero attached hydrogens (tertiary/aromatic N) is 3. The Labute approximate surface area is 157 Å². The zero-order valence-corrected chi connectivity index (χ0v) is 15.3. The molecule has 1 aromatic carbocycles. The summed E-state index contributed by atoms with van der Waals surface area (Å²) in [5.74, 6) is 1.21. The molecule has 132 valence electrons. The van der Waals surface area contributed by atoms with E-state index in [2.05, 4.69) is 25.9 Å². The first-order valence-corrected chi connectivity index (χ1v) is 8.78. The number of pyridine rings is 1. The van der Waals surface area contributed by atoms with E-state index in [1.165, 1.54) is 0 Å². The molecule has 0 saturated heterocycles. The minimum atomic E-state index is -0.595. The van der Waals surface area contributed by atoms with E-state index in [-0.39, 0.29) is 12.3 Å². The van der Waals surface area contributed by atoms with Gasteiger partial charge in [0.25, 0.3) is 5.91 Å². The Bertz CT molecular complexity index is 972. The first kappa shape index (κ1) is 16.6. The number of rotatable bonds is 4. The maximum Gasteiger partial charge on any atom is 0.269 e. The van der Waals surface area contributed by atoms with Crippen molar-refractivity contribution < 1.29 is 14.3 Å². The van der Waals surface area contributed by atoms with Crippen LogP contribution < -0.4 is 15.2 Å². The molecule has 0 unspecified atom stereocenters. The molecule has 0 radical (unpaired) electrons. The molecule has 0 aliphatic carbocycles. The fourth-order valence-corrected chi connectivity index (χ4v) is 3.26. The van der Waals surface area contributed by atoms with Crippen molar-refractivity contribution in [2.24, 2.45) is 5.73 Å². The first-order valence-electron chi connectivity index (χ1n) is 7.99. The van der Waals surface area contributed by atoms with Crippen LogP contribution in [0, 0.1) is 0 Å². The summed E-state index contributed by atoms with van der Waals surface area (Å²) in [5, 5.41) is 0. The van der Waals surface area contributed by atoms with E-state index < -0.39 is 5.91 Å². The fourth-order valence-electron chi connectivity index (χ4n) is 2.90. The maximum atomic E-state index is 12.0. The summed E-state index contributed by atoms with van der Waals surface area (Å²) in [4.78, 5) is 20.6. The number of amides is 1. The topological polar surface area (TPSA) is 92.3 Å². The summed E-state index contributed by atoms with van der Waals surface area (Å²) in [5.41, 5.74) is 7.16. The molecule has 8 heteroatoms. The van der Waals surface area contributed by atoms with Crippen molar-refractivity contribution in [2.45, 2.75) is 13.2 Å². The van der Waals surface area contributed by atoms with Crippen molar-refractivity contribution in [1.82, 2.24) is 14.5 Å². The molecular weight excluding hydrogens is 400 g/mol. The van der Waals surface area contributed by atoms with Crippen LogP contribution in [0.15, 0.2) is 47.1 Å². The predicted octanol–water partition coefficient (Wildman–Crippen LogP) is 2.78. The molecule has 0 spiro atoms. The highest BCUT2D eigenvalue weighted by molar-refractivity contribution is 9.10. The van der Waals surface area contributed by atoms with Gasteiger partial charge in [0, 0.05) is 16.7 Å². The zero-order chi connectivity index (χ0) is 18.1. The highest BCUT2D eigenvalue weighted by atomic mass is 79.9. The number of ether oxygens (including phenoxy) is 2. The van der Waals surface area contributed by atoms with Gasteiger partial charge < -0.3 is 19.8 Å². The van der Waals surface area contributed by atoms with Gasteiger partial charge in [0.1, 0.15) is 24.8 Å². The molecule has 1 aliphatic heterocycles. The molecule has 26 heavy (non-hydrogen) atoms. The minimum absolute atomic E-state index is 0.131. The summed E-state index contributed by atoms with van der Waals surface area (Å²) in [7, 11) is 0. The number of nitrogens with two attached hydrogens (primary N) is 1. The molecule has 2 aromatic heterocycles. The van der Waals surface area contributed by atoms with Crippen LogP contribution in [-0.4, -0.2) is 27.0 Å². The molecule has 0 fully saturated rings. The Morgan fingerprint density at radius 3 is 3.00 bits per heavy atom. The van der Waals surface area contributed by atoms with Gasteiger partial charge in [-0.15, -0.1) is 0 Å². The Morgan fingerprint density at radius 1 is 1.35 bits per heavy atom. The lowest BCUT2D eigenvalue weighted by Gasteiger charge is -2.10. The van der Waals surface area contributed by atoms with Crippen molar-refractivity contribution in [3.63, 3.8) is 0 Å². The number of fused-ring (bicyclic) bond motifs is 3. The predicted molar refractivity (Wildman–Crippen MR) is 97.9 cm³/mol. The van der Waals surface area contributed by atoms with Gasteiger partial charge >= 0.3 is 0 Å². The van der Waals surface area contributed by atoms with Crippen molar-refractivity contribution >= 4 is 21.8 Å². The van der Waals surface area contributed by atoms with Gasteiger partial charge in [-0.3, -0.25) is 4.79 Å². The second-order valence-corrected chi connectivity index (χ2v) is 6.61. The number of imidazole rings is 1. The van der Waals surface area contributed by atoms with Crippen LogP contribution >= 0.6 is 15.9 Å². The van der Waals surface area contributed by atoms with Crippen molar-refractivity contribution in [1.29, 1.82) is 0 Å². The molecular formula is C18H15BrN4O3. The second-order valence-electron chi connectivity index (χ2n) is 5.69. The number of hydrogen-bond acceptors (Lipinski definition) is 5. The smallest absolute Gasteiger partial charge is 0.269 e. The third-order valence-electron chi connectivity index (χ3n) is 4.06. The van der Waals surface area contributed by atoms with Crippen LogP contribution in [0.2, 0.25) is 0 Å². The molecule has 0 bridgehead atoms. The van der Waals surface area contributed by atoms with E-state index >= 15 is 0 Å². The summed E-state index contributed by atoms with van der Waals surface area (Å²) >= 11 is 3.47. The van der Waals surface area contributed by atoms with E-state index in [1.807, 2.05) is 28.8 Å². The summed E-state index contributed by atoms with van der Waals surface area (Å²) in [6.45, 7) is 1.11. The van der Waals surface area contributed by atoms with Gasteiger partial charge in [-0.1, -0.05) is 22.0 Å². The van der Waals surface area contributed by atoms with Crippen molar-refractivity contribution in [3.05, 3.63) is 58.5 Å². The summed E-state index contributed by atoms with van der Waals surface area (Å²) in [6, 6.07) is 11.1. The van der Waals surface area contributed by atoms with E-state index in [1.54, 1.807) is 18.3 Å². The number of hydrogen-bond donors (Lipinski definition) is 1. The number of halogens is 1. The van der Waals surface area contributed by atoms with Gasteiger partial charge in [-0.2, -0.15) is 0 Å². The Morgan fingerprint density at radius 2 is 2.23 bits per heavy atom. The van der Waals surface area contributed by atoms with Crippen LogP contribution in [0.3, 0.4) is 0 Å². The average Bonchev–Trinajstić information content (AvgIpc) is 2.91. The van der Waals surface area contributed by atoms with Gasteiger partial charge in [-0.05, 0) is 24.3 Å². The Balaban J connectivity index is 1.79. The second kappa shape index (κ2) is 6.80. The number of primary amides is 1. The third-order valence-corrected chi connectivity index (χ3v) is 4.55. The van der Waals surface area contributed by atoms with E-state index in [9.17, 15) is 4.79 Å². The molecule has 4 rings (SSSR count). The molecule has 3 heterocycles. The maximum absolute atomic E-state index is 12.0. The molecule has 3 aromatic rings. The normalized spacial score (nSPS) is 12.5. The highest BCUT2D eigenvalue weighted by Gasteiger charge is 2.26. The number of carbonyl (C=O) groups excluding carboxylic acids is 1. The molecule has 1 aliphatic rings. The molecule has 7 nitrogen and oxygen atoms in total. The summed E-state index contributed by atoms with van der Waals surface area (Å²) < 4.78 is 14.4. The lowest BCUT2D eigenvalue weighted by atomic mass is 10.2. The van der Waals surface area contributed by atoms with Crippen molar-refractivity contribution in [2.75, 3.05) is 6.61 Å². The molecule has 0 saturated carbocycles. The van der Waals surface area contributed by atoms with Crippen LogP contribution in [0.1, 0.15) is 16.2 Å². The van der Waals surface area contributed by atoms with Gasteiger partial charge in [0.2, 0.25) is 5.88 Å². The first-order chi connectivity index (χ1) is 12.6. The van der Waals surface area contributed by atoms with E-state index in [0.29, 0.717) is 36.3 Å². The molecule has 0 atom stereocenters. The number of aromatic nitrogens is 3. The van der Waals surface area contributed by atoms with E-state index in [4.69, 9.17) is 15.2 Å². The summed E-state index contributed by atoms with van der Waals surface area (Å²) in [6.07, 6.45) is 1.64.